The zero-order valence-electron chi connectivity index (χ0n) is 17.1. The zero-order chi connectivity index (χ0) is 21.2. The Balaban J connectivity index is 1.48. The molecule has 9 nitrogen and oxygen atoms in total. The summed E-state index contributed by atoms with van der Waals surface area (Å²) in [7, 11) is -0.414. The van der Waals surface area contributed by atoms with Gasteiger partial charge in [-0.25, -0.2) is 4.57 Å². The summed E-state index contributed by atoms with van der Waals surface area (Å²) in [6.07, 6.45) is 1.90. The second-order valence-electron chi connectivity index (χ2n) is 8.14. The Morgan fingerprint density at radius 2 is 1.86 bits per heavy atom. The van der Waals surface area contributed by atoms with Gasteiger partial charge in [0.25, 0.3) is 0 Å². The average Bonchev–Trinajstić information content (AvgIpc) is 3.17. The summed E-state index contributed by atoms with van der Waals surface area (Å²) in [6, 6.07) is 7.72. The van der Waals surface area contributed by atoms with Gasteiger partial charge in [0.1, 0.15) is 18.5 Å². The Labute approximate surface area is 169 Å². The number of rotatable bonds is 8. The summed E-state index contributed by atoms with van der Waals surface area (Å²) in [5.41, 5.74) is 1.09. The van der Waals surface area contributed by atoms with Crippen LogP contribution in [0.3, 0.4) is 0 Å². The minimum absolute atomic E-state index is 0.0389. The molecule has 10 heteroatoms. The number of benzene rings is 1. The Kier molecular flexibility index (Phi) is 6.09. The van der Waals surface area contributed by atoms with E-state index < -0.39 is 18.1 Å². The summed E-state index contributed by atoms with van der Waals surface area (Å²) in [6.45, 7) is 8.45. The largest absolute Gasteiger partial charge is 0.494 e. The number of imidazole rings is 1. The summed E-state index contributed by atoms with van der Waals surface area (Å²) in [5.74, 6) is -0.303. The predicted octanol–water partition coefficient (Wildman–Crippen LogP) is 1.67. The number of hydrogen-bond donors (Lipinski definition) is 1. The van der Waals surface area contributed by atoms with Gasteiger partial charge in [0.2, 0.25) is 0 Å². The third-order valence-corrected chi connectivity index (χ3v) is 5.35. The molecule has 1 fully saturated rings. The highest BCUT2D eigenvalue weighted by molar-refractivity contribution is 6.62. The molecule has 1 atom stereocenters. The summed E-state index contributed by atoms with van der Waals surface area (Å²) in [5, 5.41) is 20.9. The van der Waals surface area contributed by atoms with Crippen molar-refractivity contribution in [2.75, 3.05) is 6.61 Å². The smallest absolute Gasteiger partial charge is 0.399 e. The highest BCUT2D eigenvalue weighted by Gasteiger charge is 2.51. The fourth-order valence-electron chi connectivity index (χ4n) is 2.96. The lowest BCUT2D eigenvalue weighted by molar-refractivity contribution is -0.397. The van der Waals surface area contributed by atoms with Gasteiger partial charge in [0, 0.05) is 0 Å². The Morgan fingerprint density at radius 1 is 1.24 bits per heavy atom. The molecular weight excluding hydrogens is 377 g/mol. The van der Waals surface area contributed by atoms with Crippen LogP contribution in [-0.4, -0.2) is 50.6 Å². The molecule has 1 aliphatic heterocycles. The highest BCUT2D eigenvalue weighted by atomic mass is 16.7. The predicted molar refractivity (Wildman–Crippen MR) is 107 cm³/mol. The van der Waals surface area contributed by atoms with Gasteiger partial charge in [-0.3, -0.25) is 0 Å². The zero-order valence-corrected chi connectivity index (χ0v) is 17.1. The molecule has 156 valence electrons. The summed E-state index contributed by atoms with van der Waals surface area (Å²) in [4.78, 5) is 13.9. The molecule has 1 N–H and O–H groups in total. The second kappa shape index (κ2) is 8.23. The van der Waals surface area contributed by atoms with Gasteiger partial charge in [-0.05, 0) is 43.6 Å². The van der Waals surface area contributed by atoms with Crippen LogP contribution in [0, 0.1) is 10.1 Å². The van der Waals surface area contributed by atoms with Crippen molar-refractivity contribution in [2.45, 2.75) is 58.2 Å². The maximum Gasteiger partial charge on any atom is 0.494 e. The van der Waals surface area contributed by atoms with Crippen molar-refractivity contribution in [3.8, 4) is 0 Å². The van der Waals surface area contributed by atoms with Gasteiger partial charge in [-0.15, -0.1) is 0 Å². The first-order valence-corrected chi connectivity index (χ1v) is 9.45. The minimum Gasteiger partial charge on any atom is -0.399 e. The van der Waals surface area contributed by atoms with Crippen molar-refractivity contribution >= 4 is 18.5 Å². The molecule has 29 heavy (non-hydrogen) atoms. The van der Waals surface area contributed by atoms with E-state index in [0.717, 1.165) is 11.0 Å². The van der Waals surface area contributed by atoms with Crippen LogP contribution >= 0.6 is 0 Å². The first-order chi connectivity index (χ1) is 13.6. The van der Waals surface area contributed by atoms with Crippen molar-refractivity contribution in [2.24, 2.45) is 0 Å². The fraction of sp³-hybridized carbons (Fsp3) is 0.526. The topological polar surface area (TPSA) is 109 Å². The van der Waals surface area contributed by atoms with E-state index in [0.29, 0.717) is 6.61 Å². The number of hydrogen-bond acceptors (Lipinski definition) is 7. The molecule has 2 aromatic rings. The average molecular weight is 403 g/mol. The maximum atomic E-state index is 10.8. The van der Waals surface area contributed by atoms with Crippen molar-refractivity contribution in [1.82, 2.24) is 9.55 Å². The third kappa shape index (κ3) is 4.84. The molecular formula is C19H26BN3O6. The monoisotopic (exact) mass is 403 g/mol. The molecule has 0 spiro atoms. The number of nitrogens with zero attached hydrogens (tertiary/aromatic N) is 3. The SMILES string of the molecule is CC1(C)OB(c2ccc(COCC(O)Cn3ccnc3[N+](=O)[O-])cc2)OC1(C)C. The molecule has 0 radical (unpaired) electrons. The van der Waals surface area contributed by atoms with Crippen LogP contribution in [0.4, 0.5) is 5.95 Å². The van der Waals surface area contributed by atoms with Gasteiger partial charge >= 0.3 is 13.1 Å². The van der Waals surface area contributed by atoms with E-state index in [4.69, 9.17) is 14.0 Å². The van der Waals surface area contributed by atoms with Crippen molar-refractivity contribution < 1.29 is 24.1 Å². The second-order valence-corrected chi connectivity index (χ2v) is 8.14. The molecule has 2 heterocycles. The first-order valence-electron chi connectivity index (χ1n) is 9.45. The number of ether oxygens (including phenoxy) is 1. The van der Waals surface area contributed by atoms with Crippen LogP contribution < -0.4 is 5.46 Å². The molecule has 1 aromatic carbocycles. The standard InChI is InChI=1S/C19H26BN3O6/c1-18(2)19(3,4)29-20(28-18)15-7-5-14(6-8-15)12-27-13-16(24)11-22-10-9-21-17(22)23(25)26/h5-10,16,24H,11-13H2,1-4H3. The number of aliphatic hydroxyl groups excluding tert-OH is 1. The van der Waals surface area contributed by atoms with E-state index in [1.807, 2.05) is 52.0 Å². The maximum absolute atomic E-state index is 10.8. The fourth-order valence-corrected chi connectivity index (χ4v) is 2.96. The van der Waals surface area contributed by atoms with Crippen LogP contribution in [0.1, 0.15) is 33.3 Å². The Morgan fingerprint density at radius 3 is 2.45 bits per heavy atom. The number of aliphatic hydroxyl groups is 1. The lowest BCUT2D eigenvalue weighted by Gasteiger charge is -2.32. The van der Waals surface area contributed by atoms with E-state index in [2.05, 4.69) is 4.98 Å². The van der Waals surface area contributed by atoms with Gasteiger partial charge in [-0.1, -0.05) is 29.2 Å². The van der Waals surface area contributed by atoms with Crippen molar-refractivity contribution in [3.63, 3.8) is 0 Å². The van der Waals surface area contributed by atoms with Crippen molar-refractivity contribution in [3.05, 3.63) is 52.3 Å². The number of nitro groups is 1. The van der Waals surface area contributed by atoms with E-state index in [1.54, 1.807) is 0 Å². The molecule has 0 aliphatic carbocycles. The molecule has 0 bridgehead atoms. The van der Waals surface area contributed by atoms with Crippen LogP contribution in [0.5, 0.6) is 0 Å². The van der Waals surface area contributed by atoms with E-state index >= 15 is 0 Å². The Hall–Kier alpha value is -2.27. The lowest BCUT2D eigenvalue weighted by atomic mass is 9.79. The normalized spacial score (nSPS) is 18.7. The molecule has 0 amide bonds. The van der Waals surface area contributed by atoms with Gasteiger partial charge in [0.15, 0.2) is 0 Å². The van der Waals surface area contributed by atoms with E-state index in [9.17, 15) is 15.2 Å². The highest BCUT2D eigenvalue weighted by Crippen LogP contribution is 2.36. The van der Waals surface area contributed by atoms with Crippen LogP contribution in [0.2, 0.25) is 0 Å². The number of aromatic nitrogens is 2. The van der Waals surface area contributed by atoms with Gasteiger partial charge in [-0.2, -0.15) is 0 Å². The van der Waals surface area contributed by atoms with Gasteiger partial charge in [0.05, 0.1) is 31.0 Å². The molecule has 0 saturated carbocycles. The quantitative estimate of drug-likeness (QED) is 0.406. The molecule has 3 rings (SSSR count). The molecule has 1 aromatic heterocycles. The van der Waals surface area contributed by atoms with Gasteiger partial charge < -0.3 is 29.3 Å². The van der Waals surface area contributed by atoms with E-state index in [-0.39, 0.29) is 30.3 Å². The Bertz CT molecular complexity index is 836. The summed E-state index contributed by atoms with van der Waals surface area (Å²) < 4.78 is 18.9. The summed E-state index contributed by atoms with van der Waals surface area (Å²) >= 11 is 0. The first kappa shape index (κ1) is 21.4. The van der Waals surface area contributed by atoms with Crippen LogP contribution in [0.15, 0.2) is 36.7 Å². The van der Waals surface area contributed by atoms with E-state index in [1.165, 1.54) is 17.0 Å². The third-order valence-electron chi connectivity index (χ3n) is 5.35. The molecule has 1 aliphatic rings. The molecule has 1 saturated heterocycles. The lowest BCUT2D eigenvalue weighted by Crippen LogP contribution is -2.41. The minimum atomic E-state index is -0.882. The van der Waals surface area contributed by atoms with Crippen molar-refractivity contribution in [1.29, 1.82) is 0 Å². The molecule has 1 unspecified atom stereocenters. The van der Waals surface area contributed by atoms with Crippen LogP contribution in [0.25, 0.3) is 0 Å². The van der Waals surface area contributed by atoms with Crippen LogP contribution in [-0.2, 0) is 27.2 Å².